The molecule has 0 aliphatic heterocycles. The molecule has 0 fully saturated rings. The first-order valence-corrected chi connectivity index (χ1v) is 7.11. The van der Waals surface area contributed by atoms with E-state index in [0.717, 1.165) is 5.56 Å². The molecule has 1 aromatic carbocycles. The molecule has 0 heterocycles. The Bertz CT molecular complexity index is 454. The van der Waals surface area contributed by atoms with Crippen molar-refractivity contribution in [3.8, 4) is 0 Å². The molecule has 17 heavy (non-hydrogen) atoms. The van der Waals surface area contributed by atoms with Crippen molar-refractivity contribution >= 4 is 10.0 Å². The third-order valence-electron chi connectivity index (χ3n) is 2.65. The highest BCUT2D eigenvalue weighted by Gasteiger charge is 2.16. The van der Waals surface area contributed by atoms with Crippen molar-refractivity contribution in [2.75, 3.05) is 6.54 Å². The fourth-order valence-electron chi connectivity index (χ4n) is 1.32. The highest BCUT2D eigenvalue weighted by molar-refractivity contribution is 7.90. The maximum Gasteiger partial charge on any atom is 0.213 e. The van der Waals surface area contributed by atoms with Crippen LogP contribution in [0.15, 0.2) is 24.3 Å². The average molecular weight is 259 g/mol. The number of nitrogens with one attached hydrogen (secondary N) is 1. The zero-order valence-corrected chi connectivity index (χ0v) is 11.1. The zero-order valence-electron chi connectivity index (χ0n) is 10.3. The van der Waals surface area contributed by atoms with Gasteiger partial charge in [0, 0.05) is 6.54 Å². The van der Waals surface area contributed by atoms with Gasteiger partial charge in [0.05, 0.1) is 5.25 Å². The van der Waals surface area contributed by atoms with Gasteiger partial charge in [-0.2, -0.15) is 0 Å². The summed E-state index contributed by atoms with van der Waals surface area (Å²) in [6.45, 7) is 5.48. The van der Waals surface area contributed by atoms with E-state index in [1.807, 2.05) is 6.92 Å². The first kappa shape index (κ1) is 14.1. The minimum Gasteiger partial charge on any atom is -0.214 e. The SMILES string of the molecule is CC(CNS(=O)(=O)C(C)C)c1ccc(F)cc1. The van der Waals surface area contributed by atoms with Crippen LogP contribution in [0.25, 0.3) is 0 Å². The van der Waals surface area contributed by atoms with Crippen LogP contribution in [-0.2, 0) is 10.0 Å². The number of halogens is 1. The molecule has 1 N–H and O–H groups in total. The minimum atomic E-state index is -3.23. The minimum absolute atomic E-state index is 0.0177. The van der Waals surface area contributed by atoms with Crippen molar-refractivity contribution in [1.82, 2.24) is 4.72 Å². The summed E-state index contributed by atoms with van der Waals surface area (Å²) in [4.78, 5) is 0. The van der Waals surface area contributed by atoms with Gasteiger partial charge in [-0.1, -0.05) is 19.1 Å². The van der Waals surface area contributed by atoms with Crippen LogP contribution < -0.4 is 4.72 Å². The predicted molar refractivity (Wildman–Crippen MR) is 66.9 cm³/mol. The van der Waals surface area contributed by atoms with E-state index in [0.29, 0.717) is 6.54 Å². The van der Waals surface area contributed by atoms with Crippen LogP contribution in [0.3, 0.4) is 0 Å². The lowest BCUT2D eigenvalue weighted by Crippen LogP contribution is -2.33. The molecule has 0 aliphatic rings. The van der Waals surface area contributed by atoms with Crippen LogP contribution in [0.4, 0.5) is 4.39 Å². The Hall–Kier alpha value is -0.940. The maximum absolute atomic E-state index is 12.7. The van der Waals surface area contributed by atoms with Gasteiger partial charge < -0.3 is 0 Å². The van der Waals surface area contributed by atoms with Crippen LogP contribution in [0.1, 0.15) is 32.3 Å². The molecule has 1 unspecified atom stereocenters. The quantitative estimate of drug-likeness (QED) is 0.881. The van der Waals surface area contributed by atoms with Crippen LogP contribution in [0.2, 0.25) is 0 Å². The summed E-state index contributed by atoms with van der Waals surface area (Å²) in [6, 6.07) is 6.10. The van der Waals surface area contributed by atoms with Crippen molar-refractivity contribution in [1.29, 1.82) is 0 Å². The summed E-state index contributed by atoms with van der Waals surface area (Å²) in [5, 5.41) is -0.442. The average Bonchev–Trinajstić information content (AvgIpc) is 2.27. The summed E-state index contributed by atoms with van der Waals surface area (Å²) >= 11 is 0. The fourth-order valence-corrected chi connectivity index (χ4v) is 2.13. The Kier molecular flexibility index (Phi) is 4.65. The summed E-state index contributed by atoms with van der Waals surface area (Å²) < 4.78 is 38.4. The number of hydrogen-bond acceptors (Lipinski definition) is 2. The Balaban J connectivity index is 2.62. The third-order valence-corrected chi connectivity index (χ3v) is 4.46. The first-order chi connectivity index (χ1) is 7.83. The van der Waals surface area contributed by atoms with E-state index in [9.17, 15) is 12.8 Å². The van der Waals surface area contributed by atoms with Gasteiger partial charge in [0.2, 0.25) is 10.0 Å². The van der Waals surface area contributed by atoms with Crippen LogP contribution in [-0.4, -0.2) is 20.2 Å². The summed E-state index contributed by atoms with van der Waals surface area (Å²) in [7, 11) is -3.23. The predicted octanol–water partition coefficient (Wildman–Crippen LogP) is 2.26. The molecule has 0 amide bonds. The van der Waals surface area contributed by atoms with Gasteiger partial charge in [0.1, 0.15) is 5.82 Å². The second-order valence-electron chi connectivity index (χ2n) is 4.39. The molecule has 1 aromatic rings. The molecular weight excluding hydrogens is 241 g/mol. The second kappa shape index (κ2) is 5.60. The fraction of sp³-hybridized carbons (Fsp3) is 0.500. The van der Waals surface area contributed by atoms with Gasteiger partial charge in [-0.3, -0.25) is 0 Å². The summed E-state index contributed by atoms with van der Waals surface area (Å²) in [6.07, 6.45) is 0. The zero-order chi connectivity index (χ0) is 13.1. The van der Waals surface area contributed by atoms with E-state index < -0.39 is 15.3 Å². The van der Waals surface area contributed by atoms with Crippen molar-refractivity contribution < 1.29 is 12.8 Å². The van der Waals surface area contributed by atoms with Crippen LogP contribution in [0, 0.1) is 5.82 Å². The molecular formula is C12H18FNO2S. The second-order valence-corrected chi connectivity index (χ2v) is 6.72. The molecule has 0 aromatic heterocycles. The van der Waals surface area contributed by atoms with Crippen molar-refractivity contribution in [3.63, 3.8) is 0 Å². The molecule has 0 saturated heterocycles. The van der Waals surface area contributed by atoms with Crippen LogP contribution in [0.5, 0.6) is 0 Å². The van der Waals surface area contributed by atoms with E-state index in [1.54, 1.807) is 26.0 Å². The Morgan fingerprint density at radius 3 is 2.18 bits per heavy atom. The lowest BCUT2D eigenvalue weighted by atomic mass is 10.0. The number of rotatable bonds is 5. The van der Waals surface area contributed by atoms with Crippen LogP contribution >= 0.6 is 0 Å². The Morgan fingerprint density at radius 1 is 1.18 bits per heavy atom. The van der Waals surface area contributed by atoms with Gasteiger partial charge in [-0.15, -0.1) is 0 Å². The molecule has 5 heteroatoms. The molecule has 1 rings (SSSR count). The lowest BCUT2D eigenvalue weighted by molar-refractivity contribution is 0.565. The number of hydrogen-bond donors (Lipinski definition) is 1. The largest absolute Gasteiger partial charge is 0.214 e. The van der Waals surface area contributed by atoms with E-state index in [-0.39, 0.29) is 11.7 Å². The standard InChI is InChI=1S/C12H18FNO2S/c1-9(2)17(15,16)14-8-10(3)11-4-6-12(13)7-5-11/h4-7,9-10,14H,8H2,1-3H3. The topological polar surface area (TPSA) is 46.2 Å². The van der Waals surface area contributed by atoms with Gasteiger partial charge >= 0.3 is 0 Å². The highest BCUT2D eigenvalue weighted by Crippen LogP contribution is 2.15. The third kappa shape index (κ3) is 4.09. The van der Waals surface area contributed by atoms with E-state index >= 15 is 0 Å². The smallest absolute Gasteiger partial charge is 0.213 e. The van der Waals surface area contributed by atoms with Gasteiger partial charge in [-0.05, 0) is 37.5 Å². The molecule has 0 aliphatic carbocycles. The number of sulfonamides is 1. The maximum atomic E-state index is 12.7. The van der Waals surface area contributed by atoms with E-state index in [2.05, 4.69) is 4.72 Å². The molecule has 0 bridgehead atoms. The normalized spacial score (nSPS) is 13.9. The highest BCUT2D eigenvalue weighted by atomic mass is 32.2. The Labute approximate surface area is 102 Å². The van der Waals surface area contributed by atoms with E-state index in [1.165, 1.54) is 12.1 Å². The molecule has 0 saturated carbocycles. The molecule has 96 valence electrons. The van der Waals surface area contributed by atoms with Crippen molar-refractivity contribution in [2.45, 2.75) is 31.9 Å². The van der Waals surface area contributed by atoms with Crippen molar-refractivity contribution in [2.24, 2.45) is 0 Å². The van der Waals surface area contributed by atoms with Gasteiger partial charge in [0.15, 0.2) is 0 Å². The molecule has 3 nitrogen and oxygen atoms in total. The number of benzene rings is 1. The Morgan fingerprint density at radius 2 is 1.71 bits per heavy atom. The first-order valence-electron chi connectivity index (χ1n) is 5.57. The van der Waals surface area contributed by atoms with E-state index in [4.69, 9.17) is 0 Å². The molecule has 0 radical (unpaired) electrons. The van der Waals surface area contributed by atoms with Gasteiger partial charge in [-0.25, -0.2) is 17.5 Å². The monoisotopic (exact) mass is 259 g/mol. The lowest BCUT2D eigenvalue weighted by Gasteiger charge is -2.15. The summed E-state index contributed by atoms with van der Waals surface area (Å²) in [5.41, 5.74) is 0.915. The molecule has 1 atom stereocenters. The van der Waals surface area contributed by atoms with Gasteiger partial charge in [0.25, 0.3) is 0 Å². The summed E-state index contributed by atoms with van der Waals surface area (Å²) in [5.74, 6) is -0.271. The molecule has 0 spiro atoms. The van der Waals surface area contributed by atoms with Crippen molar-refractivity contribution in [3.05, 3.63) is 35.6 Å².